The van der Waals surface area contributed by atoms with Crippen molar-refractivity contribution in [2.75, 3.05) is 6.54 Å². The molecule has 0 fully saturated rings. The Kier molecular flexibility index (Phi) is 5.99. The Morgan fingerprint density at radius 2 is 1.85 bits per heavy atom. The first-order valence-corrected chi connectivity index (χ1v) is 6.49. The summed E-state index contributed by atoms with van der Waals surface area (Å²) in [6, 6.07) is 5.78. The highest BCUT2D eigenvalue weighted by Gasteiger charge is 2.15. The van der Waals surface area contributed by atoms with Gasteiger partial charge in [0.2, 0.25) is 11.8 Å². The van der Waals surface area contributed by atoms with Crippen molar-refractivity contribution in [1.29, 1.82) is 0 Å². The molecule has 0 heterocycles. The van der Waals surface area contributed by atoms with Crippen molar-refractivity contribution in [1.82, 2.24) is 10.6 Å². The van der Waals surface area contributed by atoms with E-state index in [0.717, 1.165) is 5.56 Å². The Labute approximate surface area is 118 Å². The van der Waals surface area contributed by atoms with Crippen LogP contribution in [0.3, 0.4) is 0 Å². The minimum Gasteiger partial charge on any atom is -0.508 e. The lowest BCUT2D eigenvalue weighted by atomic mass is 10.1. The lowest BCUT2D eigenvalue weighted by molar-refractivity contribution is -0.127. The number of nitrogens with two attached hydrogens (primary N) is 1. The number of phenols is 1. The first-order valence-electron chi connectivity index (χ1n) is 6.49. The van der Waals surface area contributed by atoms with Crippen molar-refractivity contribution in [3.63, 3.8) is 0 Å². The summed E-state index contributed by atoms with van der Waals surface area (Å²) in [5.41, 5.74) is 6.61. The molecule has 110 valence electrons. The molecular formula is C14H21N3O3. The van der Waals surface area contributed by atoms with E-state index >= 15 is 0 Å². The molecular weight excluding hydrogens is 258 g/mol. The molecule has 0 aliphatic carbocycles. The van der Waals surface area contributed by atoms with Crippen LogP contribution in [0.25, 0.3) is 0 Å². The van der Waals surface area contributed by atoms with Crippen LogP contribution in [0, 0.1) is 0 Å². The summed E-state index contributed by atoms with van der Waals surface area (Å²) in [5.74, 6) is -0.459. The second kappa shape index (κ2) is 7.49. The second-order valence-electron chi connectivity index (χ2n) is 4.92. The van der Waals surface area contributed by atoms with Gasteiger partial charge in [-0.2, -0.15) is 0 Å². The summed E-state index contributed by atoms with van der Waals surface area (Å²) in [6.45, 7) is 3.60. The van der Waals surface area contributed by atoms with E-state index in [2.05, 4.69) is 10.6 Å². The zero-order valence-corrected chi connectivity index (χ0v) is 11.7. The SMILES string of the molecule is CC(C)NC(=O)CNC(=O)[C@@H](N)Cc1ccc(O)cc1. The van der Waals surface area contributed by atoms with Crippen molar-refractivity contribution >= 4 is 11.8 Å². The van der Waals surface area contributed by atoms with Crippen molar-refractivity contribution in [3.8, 4) is 5.75 Å². The summed E-state index contributed by atoms with van der Waals surface area (Å²) in [5, 5.41) is 14.3. The van der Waals surface area contributed by atoms with E-state index in [0.29, 0.717) is 6.42 Å². The molecule has 0 aromatic heterocycles. The molecule has 6 nitrogen and oxygen atoms in total. The van der Waals surface area contributed by atoms with Gasteiger partial charge >= 0.3 is 0 Å². The van der Waals surface area contributed by atoms with Crippen molar-refractivity contribution in [2.24, 2.45) is 5.73 Å². The van der Waals surface area contributed by atoms with Crippen LogP contribution in [0.2, 0.25) is 0 Å². The maximum Gasteiger partial charge on any atom is 0.239 e. The number of rotatable bonds is 6. The number of carbonyl (C=O) groups excluding carboxylic acids is 2. The fraction of sp³-hybridized carbons (Fsp3) is 0.429. The average molecular weight is 279 g/mol. The average Bonchev–Trinajstić information content (AvgIpc) is 2.37. The Balaban J connectivity index is 2.39. The van der Waals surface area contributed by atoms with E-state index < -0.39 is 6.04 Å². The number of phenolic OH excluding ortho intramolecular Hbond substituents is 1. The van der Waals surface area contributed by atoms with Crippen LogP contribution in [0.5, 0.6) is 5.75 Å². The van der Waals surface area contributed by atoms with Crippen LogP contribution in [-0.2, 0) is 16.0 Å². The van der Waals surface area contributed by atoms with Gasteiger partial charge in [0.15, 0.2) is 0 Å². The predicted molar refractivity (Wildman–Crippen MR) is 76.1 cm³/mol. The number of amides is 2. The second-order valence-corrected chi connectivity index (χ2v) is 4.92. The standard InChI is InChI=1S/C14H21N3O3/c1-9(2)17-13(19)8-16-14(20)12(15)7-10-3-5-11(18)6-4-10/h3-6,9,12,18H,7-8,15H2,1-2H3,(H,16,20)(H,17,19)/t12-/m0/s1. The number of hydrogen-bond donors (Lipinski definition) is 4. The van der Waals surface area contributed by atoms with Crippen LogP contribution in [0.15, 0.2) is 24.3 Å². The zero-order valence-electron chi connectivity index (χ0n) is 11.7. The van der Waals surface area contributed by atoms with E-state index in [9.17, 15) is 9.59 Å². The monoisotopic (exact) mass is 279 g/mol. The molecule has 5 N–H and O–H groups in total. The van der Waals surface area contributed by atoms with Gasteiger partial charge in [0.1, 0.15) is 5.75 Å². The van der Waals surface area contributed by atoms with E-state index in [1.807, 2.05) is 13.8 Å². The van der Waals surface area contributed by atoms with Gasteiger partial charge < -0.3 is 21.5 Å². The lowest BCUT2D eigenvalue weighted by Gasteiger charge is -2.13. The highest BCUT2D eigenvalue weighted by Crippen LogP contribution is 2.10. The van der Waals surface area contributed by atoms with Crippen molar-refractivity contribution in [2.45, 2.75) is 32.4 Å². The van der Waals surface area contributed by atoms with Gasteiger partial charge in [0.05, 0.1) is 12.6 Å². The van der Waals surface area contributed by atoms with E-state index in [1.54, 1.807) is 12.1 Å². The molecule has 2 amide bonds. The number of hydrogen-bond acceptors (Lipinski definition) is 4. The first kappa shape index (κ1) is 16.0. The van der Waals surface area contributed by atoms with Crippen LogP contribution in [0.1, 0.15) is 19.4 Å². The maximum atomic E-state index is 11.7. The Bertz CT molecular complexity index is 457. The smallest absolute Gasteiger partial charge is 0.239 e. The highest BCUT2D eigenvalue weighted by molar-refractivity contribution is 5.87. The van der Waals surface area contributed by atoms with E-state index in [1.165, 1.54) is 12.1 Å². The Morgan fingerprint density at radius 3 is 2.40 bits per heavy atom. The molecule has 1 rings (SSSR count). The minimum atomic E-state index is -0.730. The Hall–Kier alpha value is -2.08. The van der Waals surface area contributed by atoms with Gasteiger partial charge in [0.25, 0.3) is 0 Å². The molecule has 0 spiro atoms. The summed E-state index contributed by atoms with van der Waals surface area (Å²) in [7, 11) is 0. The normalized spacial score (nSPS) is 12.0. The number of aromatic hydroxyl groups is 1. The fourth-order valence-electron chi connectivity index (χ4n) is 1.65. The molecule has 6 heteroatoms. The van der Waals surface area contributed by atoms with Crippen molar-refractivity contribution < 1.29 is 14.7 Å². The van der Waals surface area contributed by atoms with Gasteiger partial charge in [-0.1, -0.05) is 12.1 Å². The third kappa shape index (κ3) is 5.71. The lowest BCUT2D eigenvalue weighted by Crippen LogP contribution is -2.46. The van der Waals surface area contributed by atoms with E-state index in [-0.39, 0.29) is 30.2 Å². The quantitative estimate of drug-likeness (QED) is 0.584. The zero-order chi connectivity index (χ0) is 15.1. The number of benzene rings is 1. The van der Waals surface area contributed by atoms with Gasteiger partial charge in [0, 0.05) is 6.04 Å². The summed E-state index contributed by atoms with van der Waals surface area (Å²) >= 11 is 0. The third-order valence-electron chi connectivity index (χ3n) is 2.60. The fourth-order valence-corrected chi connectivity index (χ4v) is 1.65. The topological polar surface area (TPSA) is 104 Å². The van der Waals surface area contributed by atoms with Crippen LogP contribution >= 0.6 is 0 Å². The van der Waals surface area contributed by atoms with E-state index in [4.69, 9.17) is 10.8 Å². The molecule has 1 aromatic rings. The first-order chi connectivity index (χ1) is 9.38. The molecule has 0 saturated carbocycles. The van der Waals surface area contributed by atoms with Crippen molar-refractivity contribution in [3.05, 3.63) is 29.8 Å². The van der Waals surface area contributed by atoms with Gasteiger partial charge in [-0.25, -0.2) is 0 Å². The van der Waals surface area contributed by atoms with Gasteiger partial charge in [-0.15, -0.1) is 0 Å². The summed E-state index contributed by atoms with van der Waals surface area (Å²) in [6.07, 6.45) is 0.345. The molecule has 20 heavy (non-hydrogen) atoms. The third-order valence-corrected chi connectivity index (χ3v) is 2.60. The number of carbonyl (C=O) groups is 2. The molecule has 0 bridgehead atoms. The maximum absolute atomic E-state index is 11.7. The molecule has 0 radical (unpaired) electrons. The van der Waals surface area contributed by atoms with Crippen LogP contribution in [-0.4, -0.2) is 35.5 Å². The van der Waals surface area contributed by atoms with Crippen LogP contribution in [0.4, 0.5) is 0 Å². The van der Waals surface area contributed by atoms with Gasteiger partial charge in [-0.3, -0.25) is 9.59 Å². The summed E-state index contributed by atoms with van der Waals surface area (Å²) in [4.78, 5) is 23.1. The molecule has 1 atom stereocenters. The van der Waals surface area contributed by atoms with Crippen LogP contribution < -0.4 is 16.4 Å². The largest absolute Gasteiger partial charge is 0.508 e. The number of nitrogens with one attached hydrogen (secondary N) is 2. The predicted octanol–water partition coefficient (Wildman–Crippen LogP) is -0.0972. The molecule has 1 aromatic carbocycles. The van der Waals surface area contributed by atoms with Gasteiger partial charge in [-0.05, 0) is 38.0 Å². The molecule has 0 aliphatic rings. The molecule has 0 unspecified atom stereocenters. The highest BCUT2D eigenvalue weighted by atomic mass is 16.3. The summed E-state index contributed by atoms with van der Waals surface area (Å²) < 4.78 is 0. The minimum absolute atomic E-state index is 0.0325. The molecule has 0 aliphatic heterocycles. The Morgan fingerprint density at radius 1 is 1.25 bits per heavy atom. The molecule has 0 saturated heterocycles.